The Hall–Kier alpha value is -1.68. The van der Waals surface area contributed by atoms with E-state index in [0.29, 0.717) is 23.1 Å². The summed E-state index contributed by atoms with van der Waals surface area (Å²) in [5.41, 5.74) is 0.911. The molecule has 0 unspecified atom stereocenters. The largest absolute Gasteiger partial charge is 0.378 e. The van der Waals surface area contributed by atoms with Gasteiger partial charge in [0.25, 0.3) is 0 Å². The van der Waals surface area contributed by atoms with Gasteiger partial charge >= 0.3 is 0 Å². The first-order valence-corrected chi connectivity index (χ1v) is 7.07. The molecule has 0 heterocycles. The van der Waals surface area contributed by atoms with Crippen molar-refractivity contribution < 1.29 is 13.2 Å². The maximum Gasteiger partial charge on any atom is 0.152 e. The SMILES string of the molecule is Fc1cc(F)c(NC2CC(c3ccc(Cl)cc3)C2)c(F)c1. The van der Waals surface area contributed by atoms with Gasteiger partial charge in [-0.25, -0.2) is 13.2 Å². The normalized spacial score (nSPS) is 21.0. The fourth-order valence-corrected chi connectivity index (χ4v) is 2.75. The molecule has 1 N–H and O–H groups in total. The third-order valence-corrected chi connectivity index (χ3v) is 4.09. The van der Waals surface area contributed by atoms with Crippen LogP contribution in [0.1, 0.15) is 24.3 Å². The fraction of sp³-hybridized carbons (Fsp3) is 0.250. The molecule has 2 aromatic carbocycles. The van der Waals surface area contributed by atoms with Gasteiger partial charge < -0.3 is 5.32 Å². The quantitative estimate of drug-likeness (QED) is 0.830. The van der Waals surface area contributed by atoms with Gasteiger partial charge in [-0.2, -0.15) is 0 Å². The molecule has 1 fully saturated rings. The highest BCUT2D eigenvalue weighted by Gasteiger charge is 2.31. The molecule has 1 saturated carbocycles. The predicted molar refractivity (Wildman–Crippen MR) is 77.2 cm³/mol. The lowest BCUT2D eigenvalue weighted by atomic mass is 9.76. The lowest BCUT2D eigenvalue weighted by Gasteiger charge is -2.37. The summed E-state index contributed by atoms with van der Waals surface area (Å²) >= 11 is 5.83. The van der Waals surface area contributed by atoms with E-state index in [2.05, 4.69) is 5.32 Å². The van der Waals surface area contributed by atoms with Crippen molar-refractivity contribution in [3.05, 3.63) is 64.4 Å². The molecule has 0 bridgehead atoms. The van der Waals surface area contributed by atoms with Gasteiger partial charge in [-0.05, 0) is 36.5 Å². The van der Waals surface area contributed by atoms with Crippen LogP contribution in [-0.4, -0.2) is 6.04 Å². The van der Waals surface area contributed by atoms with Gasteiger partial charge in [0.05, 0.1) is 0 Å². The van der Waals surface area contributed by atoms with E-state index in [-0.39, 0.29) is 11.7 Å². The minimum atomic E-state index is -0.914. The van der Waals surface area contributed by atoms with Crippen LogP contribution >= 0.6 is 11.6 Å². The fourth-order valence-electron chi connectivity index (χ4n) is 2.63. The second-order valence-corrected chi connectivity index (χ2v) is 5.74. The lowest BCUT2D eigenvalue weighted by Crippen LogP contribution is -2.34. The topological polar surface area (TPSA) is 12.0 Å². The van der Waals surface area contributed by atoms with Crippen molar-refractivity contribution in [2.75, 3.05) is 5.32 Å². The van der Waals surface area contributed by atoms with Crippen molar-refractivity contribution in [3.63, 3.8) is 0 Å². The van der Waals surface area contributed by atoms with Gasteiger partial charge in [-0.3, -0.25) is 0 Å². The van der Waals surface area contributed by atoms with Crippen LogP contribution in [0.25, 0.3) is 0 Å². The van der Waals surface area contributed by atoms with E-state index in [0.717, 1.165) is 18.4 Å². The second-order valence-electron chi connectivity index (χ2n) is 5.31. The Morgan fingerprint density at radius 1 is 0.952 bits per heavy atom. The Morgan fingerprint density at radius 2 is 1.52 bits per heavy atom. The number of hydrogen-bond acceptors (Lipinski definition) is 1. The Kier molecular flexibility index (Phi) is 3.81. The van der Waals surface area contributed by atoms with E-state index in [1.807, 2.05) is 24.3 Å². The van der Waals surface area contributed by atoms with Crippen molar-refractivity contribution in [2.24, 2.45) is 0 Å². The molecule has 110 valence electrons. The van der Waals surface area contributed by atoms with E-state index in [4.69, 9.17) is 11.6 Å². The van der Waals surface area contributed by atoms with Gasteiger partial charge in [-0.15, -0.1) is 0 Å². The molecule has 0 aliphatic heterocycles. The molecule has 3 rings (SSSR count). The third kappa shape index (κ3) is 3.00. The maximum atomic E-state index is 13.5. The number of anilines is 1. The molecular formula is C16H13ClF3N. The summed E-state index contributed by atoms with van der Waals surface area (Å²) in [5.74, 6) is -2.36. The summed E-state index contributed by atoms with van der Waals surface area (Å²) in [7, 11) is 0. The van der Waals surface area contributed by atoms with Crippen LogP contribution in [0.3, 0.4) is 0 Å². The summed E-state index contributed by atoms with van der Waals surface area (Å²) in [6, 6.07) is 8.93. The molecule has 1 aliphatic rings. The van der Waals surface area contributed by atoms with Crippen molar-refractivity contribution in [1.29, 1.82) is 0 Å². The highest BCUT2D eigenvalue weighted by atomic mass is 35.5. The van der Waals surface area contributed by atoms with Gasteiger partial charge in [0, 0.05) is 23.2 Å². The predicted octanol–water partition coefficient (Wildman–Crippen LogP) is 5.12. The molecule has 0 spiro atoms. The van der Waals surface area contributed by atoms with Crippen LogP contribution in [0.4, 0.5) is 18.9 Å². The van der Waals surface area contributed by atoms with Crippen LogP contribution in [-0.2, 0) is 0 Å². The van der Waals surface area contributed by atoms with E-state index < -0.39 is 17.5 Å². The van der Waals surface area contributed by atoms with Gasteiger partial charge in [0.15, 0.2) is 11.6 Å². The average molecular weight is 312 g/mol. The molecule has 2 aromatic rings. The van der Waals surface area contributed by atoms with Crippen LogP contribution < -0.4 is 5.32 Å². The molecule has 1 aliphatic carbocycles. The number of halogens is 4. The van der Waals surface area contributed by atoms with Crippen molar-refractivity contribution in [1.82, 2.24) is 0 Å². The Balaban J connectivity index is 1.64. The summed E-state index contributed by atoms with van der Waals surface area (Å²) < 4.78 is 39.9. The zero-order valence-corrected chi connectivity index (χ0v) is 11.8. The maximum absolute atomic E-state index is 13.5. The Morgan fingerprint density at radius 3 is 2.10 bits per heavy atom. The molecular weight excluding hydrogens is 299 g/mol. The van der Waals surface area contributed by atoms with Gasteiger partial charge in [0.2, 0.25) is 0 Å². The second kappa shape index (κ2) is 5.60. The molecule has 0 atom stereocenters. The van der Waals surface area contributed by atoms with Crippen LogP contribution in [0.5, 0.6) is 0 Å². The van der Waals surface area contributed by atoms with Crippen LogP contribution in [0.15, 0.2) is 36.4 Å². The summed E-state index contributed by atoms with van der Waals surface area (Å²) in [4.78, 5) is 0. The van der Waals surface area contributed by atoms with E-state index in [1.54, 1.807) is 0 Å². The highest BCUT2D eigenvalue weighted by molar-refractivity contribution is 6.30. The summed E-state index contributed by atoms with van der Waals surface area (Å²) in [5, 5.41) is 3.49. The van der Waals surface area contributed by atoms with E-state index in [9.17, 15) is 13.2 Å². The summed E-state index contributed by atoms with van der Waals surface area (Å²) in [6.07, 6.45) is 1.55. The molecule has 21 heavy (non-hydrogen) atoms. The average Bonchev–Trinajstić information content (AvgIpc) is 2.37. The Labute approximate surface area is 125 Å². The highest BCUT2D eigenvalue weighted by Crippen LogP contribution is 2.39. The Bertz CT molecular complexity index is 628. The lowest BCUT2D eigenvalue weighted by molar-refractivity contribution is 0.371. The molecule has 0 radical (unpaired) electrons. The van der Waals surface area contributed by atoms with E-state index in [1.165, 1.54) is 0 Å². The van der Waals surface area contributed by atoms with Crippen molar-refractivity contribution in [2.45, 2.75) is 24.8 Å². The van der Waals surface area contributed by atoms with Crippen LogP contribution in [0, 0.1) is 17.5 Å². The first-order valence-electron chi connectivity index (χ1n) is 6.69. The minimum Gasteiger partial charge on any atom is -0.378 e. The standard InChI is InChI=1S/C16H13ClF3N/c17-11-3-1-9(2-4-11)10-5-13(6-10)21-16-14(19)7-12(18)8-15(16)20/h1-4,7-8,10,13,21H,5-6H2. The number of rotatable bonds is 3. The summed E-state index contributed by atoms with van der Waals surface area (Å²) in [6.45, 7) is 0. The van der Waals surface area contributed by atoms with Crippen LogP contribution in [0.2, 0.25) is 5.02 Å². The van der Waals surface area contributed by atoms with Crippen molar-refractivity contribution >= 4 is 17.3 Å². The third-order valence-electron chi connectivity index (χ3n) is 3.83. The number of hydrogen-bond donors (Lipinski definition) is 1. The minimum absolute atomic E-state index is 0.0138. The molecule has 0 aromatic heterocycles. The smallest absolute Gasteiger partial charge is 0.152 e. The van der Waals surface area contributed by atoms with Gasteiger partial charge in [-0.1, -0.05) is 23.7 Å². The first-order chi connectivity index (χ1) is 10.0. The molecule has 0 saturated heterocycles. The molecule has 0 amide bonds. The number of nitrogens with one attached hydrogen (secondary N) is 1. The molecule has 5 heteroatoms. The first kappa shape index (κ1) is 14.3. The zero-order valence-electron chi connectivity index (χ0n) is 11.0. The van der Waals surface area contributed by atoms with Gasteiger partial charge in [0.1, 0.15) is 11.5 Å². The van der Waals surface area contributed by atoms with Crippen molar-refractivity contribution in [3.8, 4) is 0 Å². The molecule has 1 nitrogen and oxygen atoms in total. The monoisotopic (exact) mass is 311 g/mol. The van der Waals surface area contributed by atoms with E-state index >= 15 is 0 Å². The number of benzene rings is 2. The zero-order chi connectivity index (χ0) is 15.0.